The van der Waals surface area contributed by atoms with Gasteiger partial charge in [-0.2, -0.15) is 0 Å². The highest BCUT2D eigenvalue weighted by Crippen LogP contribution is 2.23. The first-order chi connectivity index (χ1) is 9.92. The Morgan fingerprint density at radius 2 is 2.00 bits per heavy atom. The number of carbonyl (C=O) groups is 1. The van der Waals surface area contributed by atoms with E-state index in [1.807, 2.05) is 0 Å². The molecule has 0 unspecified atom stereocenters. The molecule has 0 aromatic carbocycles. The van der Waals surface area contributed by atoms with Crippen LogP contribution in [-0.2, 0) is 9.53 Å². The fourth-order valence-electron chi connectivity index (χ4n) is 2.90. The summed E-state index contributed by atoms with van der Waals surface area (Å²) in [5.41, 5.74) is 0. The summed E-state index contributed by atoms with van der Waals surface area (Å²) in [7, 11) is 0. The molecule has 0 bridgehead atoms. The van der Waals surface area contributed by atoms with Crippen LogP contribution in [0.25, 0.3) is 0 Å². The van der Waals surface area contributed by atoms with Crippen molar-refractivity contribution in [3.63, 3.8) is 0 Å². The van der Waals surface area contributed by atoms with Crippen LogP contribution in [0.5, 0.6) is 0 Å². The Bertz CT molecular complexity index is 330. The fourth-order valence-corrected chi connectivity index (χ4v) is 3.55. The summed E-state index contributed by atoms with van der Waals surface area (Å²) >= 11 is 1.72. The maximum atomic E-state index is 12.0. The lowest BCUT2D eigenvalue weighted by Crippen LogP contribution is -2.46. The first kappa shape index (κ1) is 17.1. The van der Waals surface area contributed by atoms with Gasteiger partial charge in [0.25, 0.3) is 0 Å². The molecule has 2 aliphatic rings. The van der Waals surface area contributed by atoms with Crippen LogP contribution in [0.3, 0.4) is 0 Å². The Kier molecular flexibility index (Phi) is 6.38. The summed E-state index contributed by atoms with van der Waals surface area (Å²) in [6.45, 7) is 11.7. The SMILES string of the molecule is CC(C)(C)SCC(=O)NC1CCN(C[C@@H]2CCOC2)CC1. The predicted octanol–water partition coefficient (Wildman–Crippen LogP) is 2.14. The minimum atomic E-state index is 0.157. The monoisotopic (exact) mass is 314 g/mol. The zero-order valence-electron chi connectivity index (χ0n) is 13.7. The van der Waals surface area contributed by atoms with Crippen molar-refractivity contribution in [2.75, 3.05) is 38.6 Å². The number of amides is 1. The number of piperidine rings is 1. The van der Waals surface area contributed by atoms with E-state index in [9.17, 15) is 4.79 Å². The molecule has 2 fully saturated rings. The normalized spacial score (nSPS) is 25.2. The van der Waals surface area contributed by atoms with Crippen molar-refractivity contribution in [3.8, 4) is 0 Å². The molecule has 122 valence electrons. The molecule has 5 heteroatoms. The maximum Gasteiger partial charge on any atom is 0.230 e. The second-order valence-electron chi connectivity index (χ2n) is 7.27. The van der Waals surface area contributed by atoms with E-state index < -0.39 is 0 Å². The summed E-state index contributed by atoms with van der Waals surface area (Å²) in [4.78, 5) is 14.5. The summed E-state index contributed by atoms with van der Waals surface area (Å²) in [6, 6.07) is 0.370. The third-order valence-electron chi connectivity index (χ3n) is 4.13. The Morgan fingerprint density at radius 1 is 1.29 bits per heavy atom. The van der Waals surface area contributed by atoms with Crippen LogP contribution < -0.4 is 5.32 Å². The van der Waals surface area contributed by atoms with Crippen LogP contribution in [0.2, 0.25) is 0 Å². The van der Waals surface area contributed by atoms with Crippen molar-refractivity contribution in [3.05, 3.63) is 0 Å². The van der Waals surface area contributed by atoms with Gasteiger partial charge in [-0.25, -0.2) is 0 Å². The molecule has 2 saturated heterocycles. The molecule has 0 aliphatic carbocycles. The molecule has 1 amide bonds. The zero-order valence-corrected chi connectivity index (χ0v) is 14.5. The predicted molar refractivity (Wildman–Crippen MR) is 88.7 cm³/mol. The maximum absolute atomic E-state index is 12.0. The van der Waals surface area contributed by atoms with Crippen LogP contribution in [0, 0.1) is 5.92 Å². The number of ether oxygens (including phenoxy) is 1. The van der Waals surface area contributed by atoms with Crippen molar-refractivity contribution in [1.29, 1.82) is 0 Å². The molecule has 2 heterocycles. The van der Waals surface area contributed by atoms with Gasteiger partial charge < -0.3 is 15.0 Å². The third kappa shape index (κ3) is 6.57. The molecular formula is C16H30N2O2S. The van der Waals surface area contributed by atoms with Gasteiger partial charge >= 0.3 is 0 Å². The highest BCUT2D eigenvalue weighted by Gasteiger charge is 2.24. The van der Waals surface area contributed by atoms with Gasteiger partial charge in [0.15, 0.2) is 0 Å². The Hall–Kier alpha value is -0.260. The fraction of sp³-hybridized carbons (Fsp3) is 0.938. The van der Waals surface area contributed by atoms with E-state index in [1.165, 1.54) is 13.0 Å². The van der Waals surface area contributed by atoms with E-state index in [1.54, 1.807) is 11.8 Å². The van der Waals surface area contributed by atoms with E-state index in [-0.39, 0.29) is 10.7 Å². The Morgan fingerprint density at radius 3 is 2.57 bits per heavy atom. The van der Waals surface area contributed by atoms with Gasteiger partial charge in [0, 0.05) is 37.0 Å². The van der Waals surface area contributed by atoms with Crippen LogP contribution in [0.15, 0.2) is 0 Å². The second-order valence-corrected chi connectivity index (χ2v) is 9.08. The van der Waals surface area contributed by atoms with E-state index in [4.69, 9.17) is 4.74 Å². The van der Waals surface area contributed by atoms with Crippen molar-refractivity contribution in [2.45, 2.75) is 50.8 Å². The first-order valence-corrected chi connectivity index (χ1v) is 9.14. The number of carbonyl (C=O) groups excluding carboxylic acids is 1. The van der Waals surface area contributed by atoms with Gasteiger partial charge in [-0.3, -0.25) is 4.79 Å². The van der Waals surface area contributed by atoms with E-state index >= 15 is 0 Å². The molecule has 0 aromatic heterocycles. The summed E-state index contributed by atoms with van der Waals surface area (Å²) in [5.74, 6) is 1.49. The second kappa shape index (κ2) is 7.84. The van der Waals surface area contributed by atoms with E-state index in [0.29, 0.717) is 11.8 Å². The summed E-state index contributed by atoms with van der Waals surface area (Å²) < 4.78 is 5.60. The quantitative estimate of drug-likeness (QED) is 0.844. The topological polar surface area (TPSA) is 41.6 Å². The van der Waals surface area contributed by atoms with Crippen LogP contribution >= 0.6 is 11.8 Å². The highest BCUT2D eigenvalue weighted by molar-refractivity contribution is 8.01. The smallest absolute Gasteiger partial charge is 0.230 e. The number of rotatable bonds is 5. The molecule has 2 rings (SSSR count). The molecular weight excluding hydrogens is 284 g/mol. The van der Waals surface area contributed by atoms with Crippen molar-refractivity contribution in [2.24, 2.45) is 5.92 Å². The lowest BCUT2D eigenvalue weighted by molar-refractivity contribution is -0.119. The molecule has 0 radical (unpaired) electrons. The first-order valence-electron chi connectivity index (χ1n) is 8.16. The number of hydrogen-bond acceptors (Lipinski definition) is 4. The standard InChI is InChI=1S/C16H30N2O2S/c1-16(2,3)21-12-15(19)17-14-4-7-18(8-5-14)10-13-6-9-20-11-13/h13-14H,4-12H2,1-3H3,(H,17,19)/t13-/m0/s1. The van der Waals surface area contributed by atoms with Gasteiger partial charge in [0.1, 0.15) is 0 Å². The lowest BCUT2D eigenvalue weighted by atomic mass is 10.0. The van der Waals surface area contributed by atoms with Crippen LogP contribution in [0.1, 0.15) is 40.0 Å². The molecule has 0 aromatic rings. The highest BCUT2D eigenvalue weighted by atomic mass is 32.2. The van der Waals surface area contributed by atoms with Gasteiger partial charge in [-0.1, -0.05) is 20.8 Å². The molecule has 2 aliphatic heterocycles. The van der Waals surface area contributed by atoms with E-state index in [2.05, 4.69) is 31.0 Å². The van der Waals surface area contributed by atoms with Crippen LogP contribution in [0.4, 0.5) is 0 Å². The van der Waals surface area contributed by atoms with Crippen LogP contribution in [-0.4, -0.2) is 60.2 Å². The summed E-state index contributed by atoms with van der Waals surface area (Å²) in [6.07, 6.45) is 3.37. The lowest BCUT2D eigenvalue weighted by Gasteiger charge is -2.33. The average Bonchev–Trinajstić information content (AvgIpc) is 2.91. The number of nitrogens with one attached hydrogen (secondary N) is 1. The van der Waals surface area contributed by atoms with Gasteiger partial charge in [0.05, 0.1) is 12.4 Å². The Labute approximate surface area is 133 Å². The molecule has 21 heavy (non-hydrogen) atoms. The number of thioether (sulfide) groups is 1. The van der Waals surface area contributed by atoms with Crippen molar-refractivity contribution in [1.82, 2.24) is 10.2 Å². The molecule has 0 spiro atoms. The largest absolute Gasteiger partial charge is 0.381 e. The molecule has 0 saturated carbocycles. The molecule has 1 atom stereocenters. The molecule has 1 N–H and O–H groups in total. The number of nitrogens with zero attached hydrogens (tertiary/aromatic N) is 1. The van der Waals surface area contributed by atoms with Gasteiger partial charge in [-0.15, -0.1) is 11.8 Å². The third-order valence-corrected chi connectivity index (χ3v) is 5.40. The Balaban J connectivity index is 1.61. The minimum Gasteiger partial charge on any atom is -0.381 e. The molecule has 4 nitrogen and oxygen atoms in total. The number of likely N-dealkylation sites (tertiary alicyclic amines) is 1. The number of hydrogen-bond donors (Lipinski definition) is 1. The van der Waals surface area contributed by atoms with Gasteiger partial charge in [0.2, 0.25) is 5.91 Å². The van der Waals surface area contributed by atoms with Gasteiger partial charge in [-0.05, 0) is 25.2 Å². The summed E-state index contributed by atoms with van der Waals surface area (Å²) in [5, 5.41) is 3.19. The van der Waals surface area contributed by atoms with Crippen molar-refractivity contribution < 1.29 is 9.53 Å². The minimum absolute atomic E-state index is 0.157. The average molecular weight is 314 g/mol. The zero-order chi connectivity index (χ0) is 15.3. The van der Waals surface area contributed by atoms with E-state index in [0.717, 1.165) is 45.1 Å². The van der Waals surface area contributed by atoms with Crippen molar-refractivity contribution >= 4 is 17.7 Å².